The van der Waals surface area contributed by atoms with E-state index in [2.05, 4.69) is 48.5 Å². The van der Waals surface area contributed by atoms with Crippen LogP contribution < -0.4 is 0 Å². The van der Waals surface area contributed by atoms with Gasteiger partial charge in [-0.3, -0.25) is 0 Å². The molecule has 0 saturated carbocycles. The minimum Gasteiger partial charge on any atom is -0.500 e. The molecule has 2 nitrogen and oxygen atoms in total. The van der Waals surface area contributed by atoms with Crippen LogP contribution in [0.4, 0.5) is 0 Å². The van der Waals surface area contributed by atoms with Gasteiger partial charge in [0, 0.05) is 0 Å². The van der Waals surface area contributed by atoms with Gasteiger partial charge in [-0.05, 0) is 42.5 Å². The number of benzene rings is 2. The largest absolute Gasteiger partial charge is 0.500 e. The summed E-state index contributed by atoms with van der Waals surface area (Å²) in [4.78, 5) is 0. The highest BCUT2D eigenvalue weighted by atomic mass is 16.5. The number of fused-ring (bicyclic) bond motifs is 1. The summed E-state index contributed by atoms with van der Waals surface area (Å²) in [5, 5.41) is 11.6. The molecule has 0 aliphatic heterocycles. The lowest BCUT2D eigenvalue weighted by atomic mass is 9.99. The van der Waals surface area contributed by atoms with Crippen LogP contribution in [0, 0.1) is 11.3 Å². The summed E-state index contributed by atoms with van der Waals surface area (Å²) in [6.07, 6.45) is 4.29. The van der Waals surface area contributed by atoms with Crippen molar-refractivity contribution in [1.29, 1.82) is 5.26 Å². The molecule has 0 saturated heterocycles. The summed E-state index contributed by atoms with van der Waals surface area (Å²) in [5.74, 6) is 0. The average Bonchev–Trinajstić information content (AvgIpc) is 2.51. The Hall–Kier alpha value is -2.27. The lowest BCUT2D eigenvalue weighted by Gasteiger charge is -2.06. The van der Waals surface area contributed by atoms with Crippen LogP contribution in [-0.4, -0.2) is 6.61 Å². The fourth-order valence-electron chi connectivity index (χ4n) is 2.30. The van der Waals surface area contributed by atoms with Gasteiger partial charge in [0.15, 0.2) is 0 Å². The molecule has 0 bridgehead atoms. The predicted octanol–water partition coefficient (Wildman–Crippen LogP) is 4.61. The van der Waals surface area contributed by atoms with Gasteiger partial charge >= 0.3 is 0 Å². The summed E-state index contributed by atoms with van der Waals surface area (Å²) in [7, 11) is 0. The van der Waals surface area contributed by atoms with Crippen LogP contribution in [0.1, 0.15) is 25.3 Å². The zero-order valence-electron chi connectivity index (χ0n) is 11.8. The van der Waals surface area contributed by atoms with E-state index >= 15 is 0 Å². The smallest absolute Gasteiger partial charge is 0.0979 e. The molecule has 0 aliphatic carbocycles. The Morgan fingerprint density at radius 1 is 1.20 bits per heavy atom. The van der Waals surface area contributed by atoms with Crippen molar-refractivity contribution in [3.8, 4) is 6.07 Å². The molecule has 0 radical (unpaired) electrons. The fourth-order valence-corrected chi connectivity index (χ4v) is 2.30. The zero-order valence-corrected chi connectivity index (χ0v) is 11.8. The first-order valence-corrected chi connectivity index (χ1v) is 7.02. The average molecular weight is 265 g/mol. The first-order valence-electron chi connectivity index (χ1n) is 7.02. The molecule has 0 spiro atoms. The first kappa shape index (κ1) is 14.1. The minimum absolute atomic E-state index is 0.606. The SMILES string of the molecule is CCO/C=C(\C#N)CCCc1cccc2ccccc12. The van der Waals surface area contributed by atoms with Gasteiger partial charge in [-0.25, -0.2) is 0 Å². The first-order chi connectivity index (χ1) is 9.85. The van der Waals surface area contributed by atoms with Gasteiger partial charge in [0.2, 0.25) is 0 Å². The summed E-state index contributed by atoms with van der Waals surface area (Å²) in [5.41, 5.74) is 2.06. The van der Waals surface area contributed by atoms with E-state index in [4.69, 9.17) is 10.00 Å². The Labute approximate surface area is 120 Å². The minimum atomic E-state index is 0.606. The summed E-state index contributed by atoms with van der Waals surface area (Å²) >= 11 is 0. The Morgan fingerprint density at radius 3 is 2.80 bits per heavy atom. The highest BCUT2D eigenvalue weighted by molar-refractivity contribution is 5.85. The van der Waals surface area contributed by atoms with Crippen molar-refractivity contribution < 1.29 is 4.74 Å². The summed E-state index contributed by atoms with van der Waals surface area (Å²) in [6, 6.07) is 17.0. The molecule has 2 heteroatoms. The molecule has 0 aromatic heterocycles. The lowest BCUT2D eigenvalue weighted by Crippen LogP contribution is -1.90. The van der Waals surface area contributed by atoms with E-state index in [1.165, 1.54) is 16.3 Å². The van der Waals surface area contributed by atoms with Crippen LogP contribution in [0.25, 0.3) is 10.8 Å². The molecule has 0 amide bonds. The topological polar surface area (TPSA) is 33.0 Å². The monoisotopic (exact) mass is 265 g/mol. The van der Waals surface area contributed by atoms with Gasteiger partial charge in [-0.15, -0.1) is 0 Å². The highest BCUT2D eigenvalue weighted by Gasteiger charge is 2.02. The molecule has 2 aromatic carbocycles. The molecular weight excluding hydrogens is 246 g/mol. The Balaban J connectivity index is 2.01. The van der Waals surface area contributed by atoms with Gasteiger partial charge in [-0.2, -0.15) is 5.26 Å². The van der Waals surface area contributed by atoms with E-state index in [0.29, 0.717) is 12.2 Å². The number of aryl methyl sites for hydroxylation is 1. The third kappa shape index (κ3) is 3.61. The number of nitriles is 1. The van der Waals surface area contributed by atoms with Crippen molar-refractivity contribution in [1.82, 2.24) is 0 Å². The highest BCUT2D eigenvalue weighted by Crippen LogP contribution is 2.20. The summed E-state index contributed by atoms with van der Waals surface area (Å²) < 4.78 is 5.17. The Bertz CT molecular complexity index is 632. The van der Waals surface area contributed by atoms with Crippen molar-refractivity contribution in [3.05, 3.63) is 59.9 Å². The van der Waals surface area contributed by atoms with E-state index in [1.807, 2.05) is 6.92 Å². The molecule has 2 rings (SSSR count). The van der Waals surface area contributed by atoms with Crippen LogP contribution in [0.2, 0.25) is 0 Å². The third-order valence-corrected chi connectivity index (χ3v) is 3.31. The zero-order chi connectivity index (χ0) is 14.2. The van der Waals surface area contributed by atoms with E-state index in [1.54, 1.807) is 6.26 Å². The van der Waals surface area contributed by atoms with E-state index in [0.717, 1.165) is 19.3 Å². The quantitative estimate of drug-likeness (QED) is 0.564. The maximum absolute atomic E-state index is 9.02. The number of hydrogen-bond acceptors (Lipinski definition) is 2. The van der Waals surface area contributed by atoms with Crippen molar-refractivity contribution in [2.24, 2.45) is 0 Å². The van der Waals surface area contributed by atoms with Crippen LogP contribution in [0.15, 0.2) is 54.3 Å². The maximum atomic E-state index is 9.02. The van der Waals surface area contributed by atoms with Gasteiger partial charge in [0.05, 0.1) is 24.5 Å². The van der Waals surface area contributed by atoms with Gasteiger partial charge in [0.1, 0.15) is 0 Å². The maximum Gasteiger partial charge on any atom is 0.0979 e. The second kappa shape index (κ2) is 7.35. The molecule has 102 valence electrons. The molecular formula is C18H19NO. The molecule has 0 N–H and O–H groups in total. The van der Waals surface area contributed by atoms with Gasteiger partial charge in [0.25, 0.3) is 0 Å². The van der Waals surface area contributed by atoms with Crippen LogP contribution in [-0.2, 0) is 11.2 Å². The number of rotatable bonds is 6. The molecule has 0 atom stereocenters. The lowest BCUT2D eigenvalue weighted by molar-refractivity contribution is 0.266. The Morgan fingerprint density at radius 2 is 2.00 bits per heavy atom. The van der Waals surface area contributed by atoms with Crippen LogP contribution in [0.5, 0.6) is 0 Å². The number of hydrogen-bond donors (Lipinski definition) is 0. The van der Waals surface area contributed by atoms with Crippen LogP contribution in [0.3, 0.4) is 0 Å². The third-order valence-electron chi connectivity index (χ3n) is 3.31. The van der Waals surface area contributed by atoms with E-state index in [-0.39, 0.29) is 0 Å². The second-order valence-corrected chi connectivity index (χ2v) is 4.70. The summed E-state index contributed by atoms with van der Waals surface area (Å²) in [6.45, 7) is 2.52. The molecule has 0 fully saturated rings. The van der Waals surface area contributed by atoms with Crippen molar-refractivity contribution in [3.63, 3.8) is 0 Å². The molecule has 0 heterocycles. The van der Waals surface area contributed by atoms with E-state index < -0.39 is 0 Å². The second-order valence-electron chi connectivity index (χ2n) is 4.70. The van der Waals surface area contributed by atoms with E-state index in [9.17, 15) is 0 Å². The number of allylic oxidation sites excluding steroid dienone is 1. The molecule has 2 aromatic rings. The van der Waals surface area contributed by atoms with Crippen LogP contribution >= 0.6 is 0 Å². The van der Waals surface area contributed by atoms with Crippen molar-refractivity contribution >= 4 is 10.8 Å². The van der Waals surface area contributed by atoms with Crippen molar-refractivity contribution in [2.45, 2.75) is 26.2 Å². The standard InChI is InChI=1S/C18H19NO/c1-2-20-14-15(13-19)7-5-9-17-11-6-10-16-8-3-4-12-18(16)17/h3-4,6,8,10-12,14H,2,5,7,9H2,1H3/b15-14-. The molecule has 0 aliphatic rings. The van der Waals surface area contributed by atoms with Crippen molar-refractivity contribution in [2.75, 3.05) is 6.61 Å². The predicted molar refractivity (Wildman–Crippen MR) is 82.2 cm³/mol. The molecule has 20 heavy (non-hydrogen) atoms. The van der Waals surface area contributed by atoms with Gasteiger partial charge < -0.3 is 4.74 Å². The number of nitrogens with zero attached hydrogens (tertiary/aromatic N) is 1. The fraction of sp³-hybridized carbons (Fsp3) is 0.278. The normalized spacial score (nSPS) is 11.3. The van der Waals surface area contributed by atoms with Gasteiger partial charge in [-0.1, -0.05) is 42.5 Å². The Kier molecular flexibility index (Phi) is 5.20. The number of ether oxygens (including phenoxy) is 1. The molecule has 0 unspecified atom stereocenters.